The highest BCUT2D eigenvalue weighted by Gasteiger charge is 2.37. The molecule has 11 heteroatoms. The third-order valence-corrected chi connectivity index (χ3v) is 9.83. The number of phenolic OH excluding ortho intramolecular Hbond substituents is 2. The number of aromatic hydroxyl groups is 2. The minimum absolute atomic E-state index is 0.0276. The number of aromatic nitrogens is 1. The molecule has 278 valence electrons. The first-order valence-corrected chi connectivity index (χ1v) is 18.4. The Kier molecular flexibility index (Phi) is 11.2. The number of hydrogen-bond acceptors (Lipinski definition) is 10. The number of hydrogen-bond donors (Lipinski definition) is 4. The van der Waals surface area contributed by atoms with E-state index in [1.165, 1.54) is 28.8 Å². The Morgan fingerprint density at radius 2 is 1.12 bits per heavy atom. The van der Waals surface area contributed by atoms with Gasteiger partial charge in [-0.05, 0) is 39.9 Å². The lowest BCUT2D eigenvalue weighted by molar-refractivity contribution is -0.162. The van der Waals surface area contributed by atoms with Crippen LogP contribution < -0.4 is 5.32 Å². The van der Waals surface area contributed by atoms with E-state index in [0.29, 0.717) is 16.3 Å². The number of benzene rings is 6. The smallest absolute Gasteiger partial charge is 0.360 e. The minimum Gasteiger partial charge on any atom is -0.504 e. The second-order valence-electron chi connectivity index (χ2n) is 12.6. The molecular formula is C45H35N3O7S. The fourth-order valence-corrected chi connectivity index (χ4v) is 7.14. The van der Waals surface area contributed by atoms with Gasteiger partial charge >= 0.3 is 11.9 Å². The molecule has 1 atom stereocenters. The largest absolute Gasteiger partial charge is 0.504 e. The van der Waals surface area contributed by atoms with Gasteiger partial charge in [0.05, 0.1) is 0 Å². The number of carboxylic acids is 1. The lowest BCUT2D eigenvalue weighted by atomic mass is 9.77. The van der Waals surface area contributed by atoms with Gasteiger partial charge in [0.1, 0.15) is 11.2 Å². The highest BCUT2D eigenvalue weighted by Crippen LogP contribution is 2.41. The second kappa shape index (κ2) is 16.8. The van der Waals surface area contributed by atoms with Crippen molar-refractivity contribution in [2.75, 3.05) is 5.32 Å². The van der Waals surface area contributed by atoms with E-state index in [1.807, 2.05) is 152 Å². The molecule has 6 aromatic carbocycles. The zero-order chi connectivity index (χ0) is 38.9. The summed E-state index contributed by atoms with van der Waals surface area (Å²) in [4.78, 5) is 37.2. The summed E-state index contributed by atoms with van der Waals surface area (Å²) in [5.41, 5.74) is 2.63. The summed E-state index contributed by atoms with van der Waals surface area (Å²) in [6, 6.07) is 51.4. The van der Waals surface area contributed by atoms with Gasteiger partial charge in [0.15, 0.2) is 22.7 Å². The van der Waals surface area contributed by atoms with Crippen LogP contribution in [0.4, 0.5) is 5.13 Å². The SMILES string of the molecule is O=C(O)/C(=N\O[C@H](C(=O)OC(c1ccccc1)c1ccccc1)c1ccc(O)c(O)c1)c1csc(NC(c2ccccc2)(c2ccccc2)c2ccccc2)n1. The molecule has 0 aliphatic carbocycles. The number of nitrogens with zero attached hydrogens (tertiary/aromatic N) is 2. The number of aliphatic carboxylic acids is 1. The van der Waals surface area contributed by atoms with E-state index in [0.717, 1.165) is 22.8 Å². The standard InChI is InChI=1S/C45H35N3O7S/c49-37-27-26-32(28-38(37)50)41(43(53)54-40(30-16-6-1-7-17-30)31-18-8-2-9-19-31)55-48-39(42(51)52)36-29-56-44(46-36)47-45(33-20-10-3-11-21-33,34-22-12-4-13-23-34)35-24-14-5-15-25-35/h1-29,40-41,49-50H,(H,46,47)(H,51,52)/b48-39-/t41-/m0/s1. The van der Waals surface area contributed by atoms with Gasteiger partial charge in [-0.25, -0.2) is 14.6 Å². The first kappa shape index (κ1) is 37.1. The number of phenols is 2. The van der Waals surface area contributed by atoms with E-state index in [4.69, 9.17) is 9.57 Å². The number of nitrogens with one attached hydrogen (secondary N) is 1. The Labute approximate surface area is 326 Å². The highest BCUT2D eigenvalue weighted by atomic mass is 32.1. The quantitative estimate of drug-likeness (QED) is 0.0280. The molecule has 4 N–H and O–H groups in total. The summed E-state index contributed by atoms with van der Waals surface area (Å²) in [6.45, 7) is 0. The van der Waals surface area contributed by atoms with Crippen LogP contribution in [0.15, 0.2) is 180 Å². The molecule has 10 nitrogen and oxygen atoms in total. The predicted octanol–water partition coefficient (Wildman–Crippen LogP) is 8.84. The number of oxime groups is 1. The summed E-state index contributed by atoms with van der Waals surface area (Å²) in [6.07, 6.45) is -2.53. The summed E-state index contributed by atoms with van der Waals surface area (Å²) < 4.78 is 6.04. The van der Waals surface area contributed by atoms with Crippen LogP contribution in [0.3, 0.4) is 0 Å². The van der Waals surface area contributed by atoms with Crippen molar-refractivity contribution in [1.29, 1.82) is 0 Å². The maximum Gasteiger partial charge on any atom is 0.360 e. The van der Waals surface area contributed by atoms with Crippen molar-refractivity contribution < 1.29 is 34.5 Å². The zero-order valence-electron chi connectivity index (χ0n) is 29.7. The maximum absolute atomic E-state index is 14.0. The van der Waals surface area contributed by atoms with E-state index in [9.17, 15) is 24.9 Å². The van der Waals surface area contributed by atoms with Crippen LogP contribution in [0.5, 0.6) is 11.5 Å². The van der Waals surface area contributed by atoms with Crippen molar-refractivity contribution in [3.05, 3.63) is 214 Å². The van der Waals surface area contributed by atoms with E-state index in [-0.39, 0.29) is 11.3 Å². The lowest BCUT2D eigenvalue weighted by Crippen LogP contribution is -2.38. The molecule has 7 aromatic rings. The third-order valence-electron chi connectivity index (χ3n) is 9.07. The number of anilines is 1. The highest BCUT2D eigenvalue weighted by molar-refractivity contribution is 7.14. The van der Waals surface area contributed by atoms with E-state index in [2.05, 4.69) is 15.5 Å². The molecule has 0 fully saturated rings. The fourth-order valence-electron chi connectivity index (χ4n) is 6.39. The molecule has 0 aliphatic rings. The number of esters is 1. The molecule has 0 amide bonds. The molecule has 0 radical (unpaired) electrons. The topological polar surface area (TPSA) is 151 Å². The molecule has 0 aliphatic heterocycles. The van der Waals surface area contributed by atoms with Crippen LogP contribution in [-0.2, 0) is 24.7 Å². The molecule has 0 unspecified atom stereocenters. The van der Waals surface area contributed by atoms with Gasteiger partial charge in [-0.1, -0.05) is 163 Å². The van der Waals surface area contributed by atoms with Crippen LogP contribution in [0.2, 0.25) is 0 Å². The molecule has 0 saturated heterocycles. The first-order chi connectivity index (χ1) is 27.3. The number of thiazole rings is 1. The average Bonchev–Trinajstić information content (AvgIpc) is 3.71. The zero-order valence-corrected chi connectivity index (χ0v) is 30.5. The van der Waals surface area contributed by atoms with Gasteiger partial charge in [0, 0.05) is 10.9 Å². The number of ether oxygens (including phenoxy) is 1. The Morgan fingerprint density at radius 3 is 1.59 bits per heavy atom. The van der Waals surface area contributed by atoms with Crippen LogP contribution in [0, 0.1) is 0 Å². The number of carboxylic acid groups (broad SMARTS) is 1. The number of carbonyl (C=O) groups is 2. The first-order valence-electron chi connectivity index (χ1n) is 17.5. The molecule has 0 spiro atoms. The number of carbonyl (C=O) groups excluding carboxylic acids is 1. The average molecular weight is 762 g/mol. The molecule has 1 heterocycles. The molecule has 1 aromatic heterocycles. The lowest BCUT2D eigenvalue weighted by Gasteiger charge is -2.36. The van der Waals surface area contributed by atoms with Crippen LogP contribution in [0.25, 0.3) is 0 Å². The van der Waals surface area contributed by atoms with Crippen LogP contribution in [-0.4, -0.2) is 38.0 Å². The third kappa shape index (κ3) is 7.98. The van der Waals surface area contributed by atoms with Gasteiger partial charge in [0.25, 0.3) is 0 Å². The Balaban J connectivity index is 1.25. The van der Waals surface area contributed by atoms with Gasteiger partial charge in [-0.2, -0.15) is 0 Å². The Morgan fingerprint density at radius 1 is 0.643 bits per heavy atom. The van der Waals surface area contributed by atoms with E-state index >= 15 is 0 Å². The second-order valence-corrected chi connectivity index (χ2v) is 13.5. The van der Waals surface area contributed by atoms with Gasteiger partial charge in [-0.3, -0.25) is 0 Å². The monoisotopic (exact) mass is 761 g/mol. The summed E-state index contributed by atoms with van der Waals surface area (Å²) >= 11 is 1.18. The molecule has 0 saturated carbocycles. The van der Waals surface area contributed by atoms with Crippen molar-refractivity contribution in [1.82, 2.24) is 4.98 Å². The maximum atomic E-state index is 14.0. The summed E-state index contributed by atoms with van der Waals surface area (Å²) in [5.74, 6) is -3.35. The predicted molar refractivity (Wildman–Crippen MR) is 214 cm³/mol. The molecule has 0 bridgehead atoms. The molecule has 7 rings (SSSR count). The van der Waals surface area contributed by atoms with Gasteiger partial charge in [-0.15, -0.1) is 11.3 Å². The molecular weight excluding hydrogens is 727 g/mol. The Hall–Kier alpha value is -7.24. The minimum atomic E-state index is -1.66. The van der Waals surface area contributed by atoms with Crippen LogP contribution >= 0.6 is 11.3 Å². The van der Waals surface area contributed by atoms with E-state index < -0.39 is 46.9 Å². The van der Waals surface area contributed by atoms with Crippen LogP contribution in [0.1, 0.15) is 51.3 Å². The molecule has 56 heavy (non-hydrogen) atoms. The summed E-state index contributed by atoms with van der Waals surface area (Å²) in [5, 5.41) is 40.3. The normalized spacial score (nSPS) is 12.1. The summed E-state index contributed by atoms with van der Waals surface area (Å²) in [7, 11) is 0. The van der Waals surface area contributed by atoms with Crippen molar-refractivity contribution in [3.8, 4) is 11.5 Å². The number of rotatable bonds is 14. The van der Waals surface area contributed by atoms with Crippen molar-refractivity contribution in [3.63, 3.8) is 0 Å². The fraction of sp³-hybridized carbons (Fsp3) is 0.0667. The van der Waals surface area contributed by atoms with Crippen molar-refractivity contribution >= 4 is 34.1 Å². The van der Waals surface area contributed by atoms with Gasteiger partial charge < -0.3 is 30.2 Å². The van der Waals surface area contributed by atoms with Gasteiger partial charge in [0.2, 0.25) is 11.8 Å². The van der Waals surface area contributed by atoms with Crippen molar-refractivity contribution in [2.24, 2.45) is 5.16 Å². The Bertz CT molecular complexity index is 2290. The van der Waals surface area contributed by atoms with Crippen molar-refractivity contribution in [2.45, 2.75) is 17.7 Å². The van der Waals surface area contributed by atoms with E-state index in [1.54, 1.807) is 0 Å².